The molecule has 2 N–H and O–H groups in total. The lowest BCUT2D eigenvalue weighted by Gasteiger charge is -2.22. The van der Waals surface area contributed by atoms with Crippen molar-refractivity contribution in [1.29, 1.82) is 0 Å². The van der Waals surface area contributed by atoms with Crippen molar-refractivity contribution in [3.8, 4) is 0 Å². The van der Waals surface area contributed by atoms with E-state index in [1.54, 1.807) is 7.11 Å². The van der Waals surface area contributed by atoms with E-state index in [0.717, 1.165) is 31.7 Å². The molecular weight excluding hydrogens is 168 g/mol. The van der Waals surface area contributed by atoms with Crippen LogP contribution in [-0.4, -0.2) is 26.4 Å². The fraction of sp³-hybridized carbons (Fsp3) is 0.778. The van der Waals surface area contributed by atoms with Gasteiger partial charge in [0, 0.05) is 19.1 Å². The van der Waals surface area contributed by atoms with Gasteiger partial charge in [0.2, 0.25) is 0 Å². The van der Waals surface area contributed by atoms with Crippen LogP contribution in [0.1, 0.15) is 12.8 Å². The average Bonchev–Trinajstić information content (AvgIpc) is 2.67. The zero-order valence-corrected chi connectivity index (χ0v) is 7.88. The molecule has 13 heavy (non-hydrogen) atoms. The molecule has 1 fully saturated rings. The maximum absolute atomic E-state index is 5.35. The van der Waals surface area contributed by atoms with E-state index < -0.39 is 0 Å². The summed E-state index contributed by atoms with van der Waals surface area (Å²) in [4.78, 5) is 5.35. The van der Waals surface area contributed by atoms with E-state index in [2.05, 4.69) is 10.8 Å². The molecule has 1 unspecified atom stereocenters. The number of rotatable bonds is 2. The first kappa shape index (κ1) is 8.99. The summed E-state index contributed by atoms with van der Waals surface area (Å²) < 4.78 is 5.10. The number of hydroxylamine groups is 1. The molecule has 2 aliphatic rings. The molecule has 0 aliphatic carbocycles. The summed E-state index contributed by atoms with van der Waals surface area (Å²) in [5.74, 6) is 1.61. The summed E-state index contributed by atoms with van der Waals surface area (Å²) in [7, 11) is 1.67. The molecule has 1 saturated heterocycles. The third-order valence-electron chi connectivity index (χ3n) is 2.60. The standard InChI is InChI=1S/C9H16N2O2/c1-12-9-6-8(13-11-9)7-2-4-10-5-3-7/h6-7,9-11H,2-5H2,1H3. The highest BCUT2D eigenvalue weighted by Crippen LogP contribution is 2.24. The number of piperidine rings is 1. The summed E-state index contributed by atoms with van der Waals surface area (Å²) in [5.41, 5.74) is 2.82. The Balaban J connectivity index is 1.92. The van der Waals surface area contributed by atoms with Gasteiger partial charge >= 0.3 is 0 Å². The summed E-state index contributed by atoms with van der Waals surface area (Å²) >= 11 is 0. The van der Waals surface area contributed by atoms with Gasteiger partial charge in [-0.2, -0.15) is 0 Å². The Bertz CT molecular complexity index is 200. The molecule has 0 aromatic rings. The number of ether oxygens (including phenoxy) is 1. The lowest BCUT2D eigenvalue weighted by molar-refractivity contribution is -0.000411. The maximum Gasteiger partial charge on any atom is 0.162 e. The molecule has 74 valence electrons. The summed E-state index contributed by atoms with van der Waals surface area (Å²) in [6.45, 7) is 2.17. The fourth-order valence-corrected chi connectivity index (χ4v) is 1.79. The second kappa shape index (κ2) is 4.09. The SMILES string of the molecule is COC1C=C(C2CCNCC2)ON1. The molecule has 4 nitrogen and oxygen atoms in total. The minimum Gasteiger partial charge on any atom is -0.410 e. The highest BCUT2D eigenvalue weighted by atomic mass is 16.7. The first-order valence-corrected chi connectivity index (χ1v) is 4.78. The van der Waals surface area contributed by atoms with Gasteiger partial charge in [0.1, 0.15) is 5.76 Å². The van der Waals surface area contributed by atoms with Crippen molar-refractivity contribution in [2.24, 2.45) is 5.92 Å². The molecule has 0 spiro atoms. The molecule has 2 heterocycles. The number of nitrogens with one attached hydrogen (secondary N) is 2. The average molecular weight is 184 g/mol. The molecule has 0 radical (unpaired) electrons. The highest BCUT2D eigenvalue weighted by molar-refractivity contribution is 5.06. The second-order valence-corrected chi connectivity index (χ2v) is 3.47. The van der Waals surface area contributed by atoms with Gasteiger partial charge in [-0.3, -0.25) is 0 Å². The fourth-order valence-electron chi connectivity index (χ4n) is 1.79. The monoisotopic (exact) mass is 184 g/mol. The minimum atomic E-state index is -0.0649. The number of hydrogen-bond donors (Lipinski definition) is 2. The van der Waals surface area contributed by atoms with Gasteiger partial charge < -0.3 is 14.9 Å². The van der Waals surface area contributed by atoms with Crippen molar-refractivity contribution in [2.75, 3.05) is 20.2 Å². The van der Waals surface area contributed by atoms with Gasteiger partial charge in [-0.1, -0.05) is 0 Å². The number of hydrogen-bond acceptors (Lipinski definition) is 4. The molecular formula is C9H16N2O2. The van der Waals surface area contributed by atoms with Crippen LogP contribution < -0.4 is 10.8 Å². The first-order chi connectivity index (χ1) is 6.40. The molecule has 0 amide bonds. The molecule has 4 heteroatoms. The van der Waals surface area contributed by atoms with Crippen LogP contribution in [0.3, 0.4) is 0 Å². The normalized spacial score (nSPS) is 29.9. The van der Waals surface area contributed by atoms with Gasteiger partial charge in [0.05, 0.1) is 0 Å². The topological polar surface area (TPSA) is 42.5 Å². The molecule has 0 aromatic heterocycles. The minimum absolute atomic E-state index is 0.0649. The van der Waals surface area contributed by atoms with Crippen molar-refractivity contribution in [3.05, 3.63) is 11.8 Å². The van der Waals surface area contributed by atoms with Crippen LogP contribution in [0.25, 0.3) is 0 Å². The quantitative estimate of drug-likeness (QED) is 0.651. The van der Waals surface area contributed by atoms with Gasteiger partial charge in [-0.05, 0) is 25.9 Å². The Labute approximate surface area is 78.2 Å². The largest absolute Gasteiger partial charge is 0.410 e. The summed E-state index contributed by atoms with van der Waals surface area (Å²) in [6.07, 6.45) is 4.27. The van der Waals surface area contributed by atoms with Crippen LogP contribution >= 0.6 is 0 Å². The summed E-state index contributed by atoms with van der Waals surface area (Å²) in [6, 6.07) is 0. The van der Waals surface area contributed by atoms with Crippen LogP contribution in [-0.2, 0) is 9.57 Å². The van der Waals surface area contributed by atoms with E-state index in [1.165, 1.54) is 0 Å². The third kappa shape index (κ3) is 2.02. The molecule has 0 bridgehead atoms. The van der Waals surface area contributed by atoms with Crippen molar-refractivity contribution in [2.45, 2.75) is 19.1 Å². The van der Waals surface area contributed by atoms with E-state index in [1.807, 2.05) is 6.08 Å². The van der Waals surface area contributed by atoms with Crippen LogP contribution in [0.15, 0.2) is 11.8 Å². The van der Waals surface area contributed by atoms with E-state index in [0.29, 0.717) is 5.92 Å². The Hall–Kier alpha value is -0.580. The molecule has 2 aliphatic heterocycles. The molecule has 1 atom stereocenters. The van der Waals surface area contributed by atoms with Crippen molar-refractivity contribution >= 4 is 0 Å². The predicted octanol–water partition coefficient (Wildman–Crippen LogP) is 0.377. The van der Waals surface area contributed by atoms with Crippen LogP contribution in [0.2, 0.25) is 0 Å². The van der Waals surface area contributed by atoms with Crippen LogP contribution in [0.4, 0.5) is 0 Å². The molecule has 2 rings (SSSR count). The zero-order chi connectivity index (χ0) is 9.10. The summed E-state index contributed by atoms with van der Waals surface area (Å²) in [5, 5.41) is 3.33. The number of allylic oxidation sites excluding steroid dienone is 1. The Morgan fingerprint density at radius 3 is 2.85 bits per heavy atom. The predicted molar refractivity (Wildman–Crippen MR) is 48.7 cm³/mol. The highest BCUT2D eigenvalue weighted by Gasteiger charge is 2.25. The van der Waals surface area contributed by atoms with Crippen molar-refractivity contribution < 1.29 is 9.57 Å². The van der Waals surface area contributed by atoms with E-state index in [4.69, 9.17) is 9.57 Å². The zero-order valence-electron chi connectivity index (χ0n) is 7.88. The Morgan fingerprint density at radius 2 is 2.23 bits per heavy atom. The van der Waals surface area contributed by atoms with Crippen LogP contribution in [0, 0.1) is 5.92 Å². The van der Waals surface area contributed by atoms with E-state index in [9.17, 15) is 0 Å². The van der Waals surface area contributed by atoms with Gasteiger partial charge in [-0.25, -0.2) is 0 Å². The molecule has 0 aromatic carbocycles. The maximum atomic E-state index is 5.35. The first-order valence-electron chi connectivity index (χ1n) is 4.78. The van der Waals surface area contributed by atoms with Crippen molar-refractivity contribution in [3.63, 3.8) is 0 Å². The second-order valence-electron chi connectivity index (χ2n) is 3.47. The number of methoxy groups -OCH3 is 1. The lowest BCUT2D eigenvalue weighted by Crippen LogP contribution is -2.29. The molecule has 0 saturated carbocycles. The van der Waals surface area contributed by atoms with E-state index >= 15 is 0 Å². The van der Waals surface area contributed by atoms with Gasteiger partial charge in [0.15, 0.2) is 6.23 Å². The smallest absolute Gasteiger partial charge is 0.162 e. The van der Waals surface area contributed by atoms with E-state index in [-0.39, 0.29) is 6.23 Å². The third-order valence-corrected chi connectivity index (χ3v) is 2.60. The van der Waals surface area contributed by atoms with Gasteiger partial charge in [0.25, 0.3) is 0 Å². The van der Waals surface area contributed by atoms with Gasteiger partial charge in [-0.15, -0.1) is 5.48 Å². The Kier molecular flexibility index (Phi) is 2.83. The van der Waals surface area contributed by atoms with Crippen LogP contribution in [0.5, 0.6) is 0 Å². The van der Waals surface area contributed by atoms with Crippen molar-refractivity contribution in [1.82, 2.24) is 10.8 Å². The lowest BCUT2D eigenvalue weighted by atomic mass is 9.96. The Morgan fingerprint density at radius 1 is 1.46 bits per heavy atom.